The minimum atomic E-state index is -0.0886. The molecule has 1 fully saturated rings. The number of aryl methyl sites for hydroxylation is 1. The molecule has 98 valence electrons. The van der Waals surface area contributed by atoms with Crippen LogP contribution in [-0.4, -0.2) is 27.9 Å². The lowest BCUT2D eigenvalue weighted by atomic mass is 10.1. The van der Waals surface area contributed by atoms with E-state index in [0.29, 0.717) is 18.0 Å². The predicted molar refractivity (Wildman–Crippen MR) is 76.0 cm³/mol. The molecule has 0 amide bonds. The van der Waals surface area contributed by atoms with Crippen LogP contribution in [0.4, 0.5) is 5.69 Å². The summed E-state index contributed by atoms with van der Waals surface area (Å²) in [5.41, 5.74) is 6.25. The molecule has 2 heterocycles. The van der Waals surface area contributed by atoms with Gasteiger partial charge >= 0.3 is 0 Å². The fourth-order valence-electron chi connectivity index (χ4n) is 2.13. The fourth-order valence-corrected chi connectivity index (χ4v) is 2.22. The highest BCUT2D eigenvalue weighted by Gasteiger charge is 2.12. The molecule has 1 aliphatic heterocycles. The summed E-state index contributed by atoms with van der Waals surface area (Å²) in [4.78, 5) is 14.5. The number of nitrogens with zero attached hydrogens (tertiary/aromatic N) is 3. The monoisotopic (exact) mass is 266 g/mol. The molecule has 2 rings (SSSR count). The van der Waals surface area contributed by atoms with Crippen molar-refractivity contribution in [2.24, 2.45) is 5.73 Å². The first kappa shape index (κ1) is 13.0. The molecule has 1 aromatic rings. The smallest absolute Gasteiger partial charge is 0.268 e. The Morgan fingerprint density at radius 2 is 2.11 bits per heavy atom. The Morgan fingerprint density at radius 3 is 2.72 bits per heavy atom. The van der Waals surface area contributed by atoms with Crippen molar-refractivity contribution in [2.75, 3.05) is 18.0 Å². The summed E-state index contributed by atoms with van der Waals surface area (Å²) in [7, 11) is 0. The van der Waals surface area contributed by atoms with Crippen LogP contribution in [0.2, 0.25) is 0 Å². The zero-order valence-electron chi connectivity index (χ0n) is 10.3. The first-order chi connectivity index (χ1) is 8.66. The average molecular weight is 266 g/mol. The second kappa shape index (κ2) is 5.95. The van der Waals surface area contributed by atoms with Crippen molar-refractivity contribution in [1.29, 1.82) is 0 Å². The van der Waals surface area contributed by atoms with Gasteiger partial charge in [-0.2, -0.15) is 5.10 Å². The number of anilines is 1. The van der Waals surface area contributed by atoms with Gasteiger partial charge in [0.15, 0.2) is 0 Å². The van der Waals surface area contributed by atoms with Crippen LogP contribution < -0.4 is 16.2 Å². The third-order valence-electron chi connectivity index (χ3n) is 3.15. The molecule has 1 aromatic heterocycles. The van der Waals surface area contributed by atoms with E-state index in [1.165, 1.54) is 23.9 Å². The van der Waals surface area contributed by atoms with Crippen molar-refractivity contribution in [3.8, 4) is 0 Å². The molecule has 6 heteroatoms. The number of aromatic nitrogens is 2. The van der Waals surface area contributed by atoms with Gasteiger partial charge in [0, 0.05) is 25.6 Å². The lowest BCUT2D eigenvalue weighted by molar-refractivity contribution is 0.565. The molecule has 0 atom stereocenters. The maximum Gasteiger partial charge on any atom is 0.268 e. The van der Waals surface area contributed by atoms with Crippen LogP contribution in [0.25, 0.3) is 0 Å². The van der Waals surface area contributed by atoms with Gasteiger partial charge in [0.1, 0.15) is 0 Å². The highest BCUT2D eigenvalue weighted by Crippen LogP contribution is 2.16. The minimum absolute atomic E-state index is 0.0886. The Labute approximate surface area is 112 Å². The van der Waals surface area contributed by atoms with Gasteiger partial charge in [0.2, 0.25) is 0 Å². The number of nitrogens with two attached hydrogens (primary N) is 1. The van der Waals surface area contributed by atoms with E-state index in [1.807, 2.05) is 0 Å². The molecule has 1 aliphatic rings. The first-order valence-electron chi connectivity index (χ1n) is 6.27. The van der Waals surface area contributed by atoms with Crippen LogP contribution in [0.5, 0.6) is 0 Å². The molecule has 0 spiro atoms. The number of hydrogen-bond acceptors (Lipinski definition) is 4. The normalized spacial score (nSPS) is 15.7. The van der Waals surface area contributed by atoms with Crippen molar-refractivity contribution in [2.45, 2.75) is 32.2 Å². The van der Waals surface area contributed by atoms with Gasteiger partial charge in [-0.3, -0.25) is 4.79 Å². The topological polar surface area (TPSA) is 64.2 Å². The van der Waals surface area contributed by atoms with E-state index in [4.69, 9.17) is 18.0 Å². The molecule has 0 bridgehead atoms. The van der Waals surface area contributed by atoms with Crippen LogP contribution >= 0.6 is 12.2 Å². The standard InChI is InChI=1S/C12H18N4OS/c13-11(18)4-7-16-12(17)8-10(9-14-16)15-5-2-1-3-6-15/h8-9H,1-7H2,(H2,13,18). The molecule has 0 unspecified atom stereocenters. The largest absolute Gasteiger partial charge is 0.393 e. The maximum atomic E-state index is 11.9. The SMILES string of the molecule is NC(=S)CCn1ncc(N2CCCCC2)cc1=O. The van der Waals surface area contributed by atoms with Crippen molar-refractivity contribution in [3.05, 3.63) is 22.6 Å². The molecule has 1 saturated heterocycles. The minimum Gasteiger partial charge on any atom is -0.393 e. The van der Waals surface area contributed by atoms with Gasteiger partial charge in [-0.1, -0.05) is 12.2 Å². The molecule has 0 aromatic carbocycles. The van der Waals surface area contributed by atoms with E-state index in [0.717, 1.165) is 18.8 Å². The van der Waals surface area contributed by atoms with Crippen molar-refractivity contribution < 1.29 is 0 Å². The Morgan fingerprint density at radius 1 is 1.39 bits per heavy atom. The summed E-state index contributed by atoms with van der Waals surface area (Å²) in [6.45, 7) is 2.48. The summed E-state index contributed by atoms with van der Waals surface area (Å²) < 4.78 is 1.41. The van der Waals surface area contributed by atoms with E-state index in [1.54, 1.807) is 12.3 Å². The maximum absolute atomic E-state index is 11.9. The van der Waals surface area contributed by atoms with Crippen LogP contribution in [-0.2, 0) is 6.54 Å². The lowest BCUT2D eigenvalue weighted by Gasteiger charge is -2.28. The van der Waals surface area contributed by atoms with Crippen LogP contribution in [0.3, 0.4) is 0 Å². The molecule has 2 N–H and O–H groups in total. The highest BCUT2D eigenvalue weighted by atomic mass is 32.1. The second-order valence-corrected chi connectivity index (χ2v) is 5.06. The van der Waals surface area contributed by atoms with Crippen LogP contribution in [0.1, 0.15) is 25.7 Å². The third kappa shape index (κ3) is 3.29. The Balaban J connectivity index is 2.09. The van der Waals surface area contributed by atoms with Gasteiger partial charge in [-0.15, -0.1) is 0 Å². The Kier molecular flexibility index (Phi) is 4.30. The molecule has 0 aliphatic carbocycles. The molecule has 0 radical (unpaired) electrons. The lowest BCUT2D eigenvalue weighted by Crippen LogP contribution is -2.32. The first-order valence-corrected chi connectivity index (χ1v) is 6.68. The third-order valence-corrected chi connectivity index (χ3v) is 3.35. The van der Waals surface area contributed by atoms with Gasteiger partial charge in [-0.05, 0) is 19.3 Å². The Hall–Kier alpha value is -1.43. The van der Waals surface area contributed by atoms with Gasteiger partial charge in [0.05, 0.1) is 23.4 Å². The second-order valence-electron chi connectivity index (χ2n) is 4.54. The zero-order chi connectivity index (χ0) is 13.0. The van der Waals surface area contributed by atoms with Gasteiger partial charge < -0.3 is 10.6 Å². The van der Waals surface area contributed by atoms with E-state index >= 15 is 0 Å². The molecule has 0 saturated carbocycles. The van der Waals surface area contributed by atoms with Crippen LogP contribution in [0, 0.1) is 0 Å². The molecule has 5 nitrogen and oxygen atoms in total. The fraction of sp³-hybridized carbons (Fsp3) is 0.583. The quantitative estimate of drug-likeness (QED) is 0.821. The summed E-state index contributed by atoms with van der Waals surface area (Å²) in [6.07, 6.45) is 5.90. The molecular formula is C12H18N4OS. The average Bonchev–Trinajstić information content (AvgIpc) is 2.38. The van der Waals surface area contributed by atoms with E-state index in [-0.39, 0.29) is 5.56 Å². The number of rotatable bonds is 4. The van der Waals surface area contributed by atoms with E-state index in [2.05, 4.69) is 10.00 Å². The summed E-state index contributed by atoms with van der Waals surface area (Å²) in [5.74, 6) is 0. The van der Waals surface area contributed by atoms with Crippen molar-refractivity contribution in [1.82, 2.24) is 9.78 Å². The van der Waals surface area contributed by atoms with Crippen LogP contribution in [0.15, 0.2) is 17.1 Å². The summed E-state index contributed by atoms with van der Waals surface area (Å²) >= 11 is 4.79. The van der Waals surface area contributed by atoms with E-state index < -0.39 is 0 Å². The van der Waals surface area contributed by atoms with Crippen molar-refractivity contribution in [3.63, 3.8) is 0 Å². The summed E-state index contributed by atoms with van der Waals surface area (Å²) in [6, 6.07) is 1.65. The summed E-state index contributed by atoms with van der Waals surface area (Å²) in [5, 5.41) is 4.17. The van der Waals surface area contributed by atoms with E-state index in [9.17, 15) is 4.79 Å². The van der Waals surface area contributed by atoms with Crippen molar-refractivity contribution >= 4 is 22.9 Å². The zero-order valence-corrected chi connectivity index (χ0v) is 11.2. The highest BCUT2D eigenvalue weighted by molar-refractivity contribution is 7.80. The molecule has 18 heavy (non-hydrogen) atoms. The van der Waals surface area contributed by atoms with Gasteiger partial charge in [-0.25, -0.2) is 4.68 Å². The number of thiocarbonyl (C=S) groups is 1. The Bertz CT molecular complexity index is 479. The molecular weight excluding hydrogens is 248 g/mol. The number of piperidine rings is 1. The number of hydrogen-bond donors (Lipinski definition) is 1. The van der Waals surface area contributed by atoms with Gasteiger partial charge in [0.25, 0.3) is 5.56 Å². The predicted octanol–water partition coefficient (Wildman–Crippen LogP) is 0.910.